The second-order valence-corrected chi connectivity index (χ2v) is 8.68. The van der Waals surface area contributed by atoms with Crippen molar-refractivity contribution < 1.29 is 9.53 Å². The Kier molecular flexibility index (Phi) is 4.37. The van der Waals surface area contributed by atoms with Crippen molar-refractivity contribution in [2.45, 2.75) is 19.9 Å². The molecule has 29 heavy (non-hydrogen) atoms. The number of carbonyl (C=O) groups is 1. The van der Waals surface area contributed by atoms with Crippen LogP contribution in [0.1, 0.15) is 22.2 Å². The van der Waals surface area contributed by atoms with Gasteiger partial charge in [-0.25, -0.2) is 4.98 Å². The monoisotopic (exact) mass is 406 g/mol. The quantitative estimate of drug-likeness (QED) is 0.504. The van der Waals surface area contributed by atoms with E-state index in [0.29, 0.717) is 19.8 Å². The topological polar surface area (TPSA) is 60.3 Å². The Bertz CT molecular complexity index is 1240. The van der Waals surface area contributed by atoms with E-state index in [4.69, 9.17) is 4.74 Å². The van der Waals surface area contributed by atoms with E-state index in [2.05, 4.69) is 34.3 Å². The van der Waals surface area contributed by atoms with Gasteiger partial charge in [-0.05, 0) is 42.5 Å². The number of aryl methyl sites for hydroxylation is 2. The number of carbonyl (C=O) groups excluding carboxylic acids is 1. The molecular weight excluding hydrogens is 384 g/mol. The summed E-state index contributed by atoms with van der Waals surface area (Å²) in [6.45, 7) is 5.94. The third kappa shape index (κ3) is 3.10. The van der Waals surface area contributed by atoms with Crippen molar-refractivity contribution >= 4 is 38.4 Å². The highest BCUT2D eigenvalue weighted by molar-refractivity contribution is 7.21. The summed E-state index contributed by atoms with van der Waals surface area (Å²) in [5.41, 5.74) is 3.95. The highest BCUT2D eigenvalue weighted by Gasteiger charge is 2.27. The summed E-state index contributed by atoms with van der Waals surface area (Å²) in [6, 6.07) is 8.59. The van der Waals surface area contributed by atoms with Crippen LogP contribution in [0.25, 0.3) is 32.2 Å². The number of pyridine rings is 1. The van der Waals surface area contributed by atoms with E-state index in [1.807, 2.05) is 38.2 Å². The summed E-state index contributed by atoms with van der Waals surface area (Å²) in [5, 5.41) is 6.49. The molecule has 6 nitrogen and oxygen atoms in total. The summed E-state index contributed by atoms with van der Waals surface area (Å²) >= 11 is 1.58. The van der Waals surface area contributed by atoms with Gasteiger partial charge in [0.25, 0.3) is 5.91 Å². The van der Waals surface area contributed by atoms with Crippen molar-refractivity contribution in [1.29, 1.82) is 0 Å². The average Bonchev–Trinajstić information content (AvgIpc) is 3.25. The van der Waals surface area contributed by atoms with Crippen LogP contribution in [0.2, 0.25) is 0 Å². The van der Waals surface area contributed by atoms with Crippen molar-refractivity contribution in [3.05, 3.63) is 47.1 Å². The summed E-state index contributed by atoms with van der Waals surface area (Å²) in [5.74, 6) is 0.111. The molecule has 1 aliphatic rings. The zero-order valence-corrected chi connectivity index (χ0v) is 17.5. The van der Waals surface area contributed by atoms with Gasteiger partial charge in [-0.1, -0.05) is 12.1 Å². The number of nitrogens with zero attached hydrogens (tertiary/aromatic N) is 4. The smallest absolute Gasteiger partial charge is 0.264 e. The third-order valence-electron chi connectivity index (χ3n) is 5.57. The first-order valence-corrected chi connectivity index (χ1v) is 10.5. The van der Waals surface area contributed by atoms with E-state index < -0.39 is 0 Å². The van der Waals surface area contributed by atoms with Gasteiger partial charge in [-0.3, -0.25) is 9.48 Å². The first kappa shape index (κ1) is 18.3. The van der Waals surface area contributed by atoms with E-state index in [0.717, 1.165) is 42.7 Å². The molecule has 1 aromatic carbocycles. The van der Waals surface area contributed by atoms with Gasteiger partial charge in [0.05, 0.1) is 24.1 Å². The molecular formula is C22H22N4O2S. The van der Waals surface area contributed by atoms with Gasteiger partial charge in [0, 0.05) is 41.6 Å². The fourth-order valence-corrected chi connectivity index (χ4v) is 5.16. The minimum Gasteiger partial charge on any atom is -0.377 e. The second kappa shape index (κ2) is 6.93. The molecule has 1 amide bonds. The maximum atomic E-state index is 13.2. The van der Waals surface area contributed by atoms with Crippen molar-refractivity contribution in [2.75, 3.05) is 19.8 Å². The van der Waals surface area contributed by atoms with Crippen LogP contribution in [0.15, 0.2) is 36.7 Å². The average molecular weight is 407 g/mol. The van der Waals surface area contributed by atoms with E-state index in [9.17, 15) is 4.79 Å². The largest absolute Gasteiger partial charge is 0.377 e. The fourth-order valence-electron chi connectivity index (χ4n) is 3.96. The first-order chi connectivity index (χ1) is 14.0. The lowest BCUT2D eigenvalue weighted by molar-refractivity contribution is 0.00384. The molecule has 1 aliphatic heterocycles. The summed E-state index contributed by atoms with van der Waals surface area (Å²) in [7, 11) is 1.90. The molecule has 148 valence electrons. The zero-order chi connectivity index (χ0) is 20.1. The Morgan fingerprint density at radius 3 is 2.97 bits per heavy atom. The standard InChI is InChI=1S/C22H22N4O2S/c1-13-12-28-7-6-26(13)22(27)20-14(2)18-5-4-15(9-19(18)29-20)16-8-17-11-25(3)24-21(17)23-10-16/h4-5,8-11,13H,6-7,12H2,1-3H3/t13-/m1/s1. The van der Waals surface area contributed by atoms with Crippen molar-refractivity contribution in [1.82, 2.24) is 19.7 Å². The van der Waals surface area contributed by atoms with Gasteiger partial charge in [0.1, 0.15) is 0 Å². The van der Waals surface area contributed by atoms with Crippen LogP contribution in [-0.2, 0) is 11.8 Å². The number of fused-ring (bicyclic) bond motifs is 2. The second-order valence-electron chi connectivity index (χ2n) is 7.63. The lowest BCUT2D eigenvalue weighted by atomic mass is 10.0. The molecule has 1 atom stereocenters. The van der Waals surface area contributed by atoms with Crippen molar-refractivity contribution in [2.24, 2.45) is 7.05 Å². The van der Waals surface area contributed by atoms with Crippen molar-refractivity contribution in [3.8, 4) is 11.1 Å². The maximum Gasteiger partial charge on any atom is 0.264 e. The number of rotatable bonds is 2. The SMILES string of the molecule is Cc1c(C(=O)N2CCOC[C@H]2C)sc2cc(-c3cnc4nn(C)cc4c3)ccc12. The Hall–Kier alpha value is -2.77. The number of hydrogen-bond donors (Lipinski definition) is 0. The molecule has 4 heterocycles. The van der Waals surface area contributed by atoms with Crippen LogP contribution < -0.4 is 0 Å². The van der Waals surface area contributed by atoms with E-state index in [-0.39, 0.29) is 11.9 Å². The summed E-state index contributed by atoms with van der Waals surface area (Å²) in [6.07, 6.45) is 3.83. The molecule has 0 radical (unpaired) electrons. The van der Waals surface area contributed by atoms with E-state index in [1.165, 1.54) is 0 Å². The van der Waals surface area contributed by atoms with Crippen LogP contribution in [0.3, 0.4) is 0 Å². The number of hydrogen-bond acceptors (Lipinski definition) is 5. The van der Waals surface area contributed by atoms with E-state index in [1.54, 1.807) is 16.0 Å². The Balaban J connectivity index is 1.54. The molecule has 0 saturated carbocycles. The van der Waals surface area contributed by atoms with Crippen LogP contribution >= 0.6 is 11.3 Å². The minimum atomic E-state index is 0.105. The van der Waals surface area contributed by atoms with Crippen LogP contribution in [-0.4, -0.2) is 51.4 Å². The lowest BCUT2D eigenvalue weighted by Gasteiger charge is -2.33. The molecule has 0 N–H and O–H groups in total. The Labute approximate surface area is 172 Å². The number of aromatic nitrogens is 3. The number of ether oxygens (including phenoxy) is 1. The molecule has 0 unspecified atom stereocenters. The molecule has 5 rings (SSSR count). The van der Waals surface area contributed by atoms with Gasteiger partial charge in [0.2, 0.25) is 0 Å². The molecule has 0 spiro atoms. The molecule has 1 saturated heterocycles. The Morgan fingerprint density at radius 2 is 2.14 bits per heavy atom. The third-order valence-corrected chi connectivity index (χ3v) is 6.81. The number of thiophene rings is 1. The molecule has 3 aromatic heterocycles. The number of benzene rings is 1. The predicted octanol–water partition coefficient (Wildman–Crippen LogP) is 4.02. The van der Waals surface area contributed by atoms with Crippen LogP contribution in [0.5, 0.6) is 0 Å². The maximum absolute atomic E-state index is 13.2. The lowest BCUT2D eigenvalue weighted by Crippen LogP contribution is -2.47. The van der Waals surface area contributed by atoms with Gasteiger partial charge < -0.3 is 9.64 Å². The van der Waals surface area contributed by atoms with Crippen molar-refractivity contribution in [3.63, 3.8) is 0 Å². The molecule has 0 bridgehead atoms. The van der Waals surface area contributed by atoms with Gasteiger partial charge in [0.15, 0.2) is 5.65 Å². The number of amides is 1. The molecule has 0 aliphatic carbocycles. The van der Waals surface area contributed by atoms with Crippen LogP contribution in [0, 0.1) is 6.92 Å². The van der Waals surface area contributed by atoms with E-state index >= 15 is 0 Å². The predicted molar refractivity (Wildman–Crippen MR) is 115 cm³/mol. The highest BCUT2D eigenvalue weighted by Crippen LogP contribution is 2.35. The Morgan fingerprint density at radius 1 is 1.28 bits per heavy atom. The van der Waals surface area contributed by atoms with Gasteiger partial charge >= 0.3 is 0 Å². The van der Waals surface area contributed by atoms with Gasteiger partial charge in [-0.2, -0.15) is 5.10 Å². The minimum absolute atomic E-state index is 0.105. The van der Waals surface area contributed by atoms with Gasteiger partial charge in [-0.15, -0.1) is 11.3 Å². The normalized spacial score (nSPS) is 17.3. The first-order valence-electron chi connectivity index (χ1n) is 9.73. The highest BCUT2D eigenvalue weighted by atomic mass is 32.1. The molecule has 7 heteroatoms. The zero-order valence-electron chi connectivity index (χ0n) is 16.7. The number of morpholine rings is 1. The summed E-state index contributed by atoms with van der Waals surface area (Å²) in [4.78, 5) is 20.4. The fraction of sp³-hybridized carbons (Fsp3) is 0.318. The molecule has 4 aromatic rings. The molecule has 1 fully saturated rings. The summed E-state index contributed by atoms with van der Waals surface area (Å²) < 4.78 is 8.38. The van der Waals surface area contributed by atoms with Crippen LogP contribution in [0.4, 0.5) is 0 Å².